The first-order valence-corrected chi connectivity index (χ1v) is 8.64. The van der Waals surface area contributed by atoms with Gasteiger partial charge in [-0.25, -0.2) is 4.98 Å². The van der Waals surface area contributed by atoms with Crippen molar-refractivity contribution < 1.29 is 9.32 Å². The van der Waals surface area contributed by atoms with E-state index in [0.29, 0.717) is 37.4 Å². The standard InChI is InChI=1S/C18H19N5O2/c19-11-13-5-6-16(20-12-13)22-7-9-23(10-8-22)18(24)17-14-3-1-2-4-15(14)25-21-17/h5-6,12H,1-4,7-10H2. The molecule has 128 valence electrons. The summed E-state index contributed by atoms with van der Waals surface area (Å²) < 4.78 is 5.37. The van der Waals surface area contributed by atoms with Crippen LogP contribution in [0.4, 0.5) is 5.82 Å². The van der Waals surface area contributed by atoms with E-state index in [9.17, 15) is 4.79 Å². The highest BCUT2D eigenvalue weighted by Gasteiger charge is 2.29. The third kappa shape index (κ3) is 2.95. The highest BCUT2D eigenvalue weighted by atomic mass is 16.5. The molecule has 0 saturated carbocycles. The van der Waals surface area contributed by atoms with Crippen LogP contribution in [0.3, 0.4) is 0 Å². The fourth-order valence-corrected chi connectivity index (χ4v) is 3.48. The fourth-order valence-electron chi connectivity index (χ4n) is 3.48. The number of pyridine rings is 1. The quantitative estimate of drug-likeness (QED) is 0.830. The Morgan fingerprint density at radius 1 is 1.16 bits per heavy atom. The van der Waals surface area contributed by atoms with Crippen LogP contribution in [0, 0.1) is 11.3 Å². The number of aryl methyl sites for hydroxylation is 1. The molecule has 1 aliphatic carbocycles. The summed E-state index contributed by atoms with van der Waals surface area (Å²) in [6.07, 6.45) is 5.54. The van der Waals surface area contributed by atoms with E-state index in [1.165, 1.54) is 0 Å². The van der Waals surface area contributed by atoms with E-state index in [1.807, 2.05) is 11.0 Å². The number of piperazine rings is 1. The van der Waals surface area contributed by atoms with E-state index < -0.39 is 0 Å². The van der Waals surface area contributed by atoms with E-state index >= 15 is 0 Å². The van der Waals surface area contributed by atoms with E-state index in [4.69, 9.17) is 9.78 Å². The number of amides is 1. The highest BCUT2D eigenvalue weighted by molar-refractivity contribution is 5.94. The molecule has 1 amide bonds. The van der Waals surface area contributed by atoms with E-state index in [-0.39, 0.29) is 5.91 Å². The Bertz CT molecular complexity index is 813. The van der Waals surface area contributed by atoms with Crippen molar-refractivity contribution >= 4 is 11.7 Å². The summed E-state index contributed by atoms with van der Waals surface area (Å²) in [4.78, 5) is 21.1. The number of aromatic nitrogens is 2. The van der Waals surface area contributed by atoms with Crippen LogP contribution in [0.5, 0.6) is 0 Å². The summed E-state index contributed by atoms with van der Waals surface area (Å²) in [5.41, 5.74) is 2.06. The number of carbonyl (C=O) groups excluding carboxylic acids is 1. The van der Waals surface area contributed by atoms with E-state index in [2.05, 4.69) is 21.1 Å². The van der Waals surface area contributed by atoms with Gasteiger partial charge in [0.2, 0.25) is 0 Å². The smallest absolute Gasteiger partial charge is 0.276 e. The minimum atomic E-state index is -0.0284. The lowest BCUT2D eigenvalue weighted by atomic mass is 9.96. The Labute approximate surface area is 145 Å². The minimum absolute atomic E-state index is 0.0284. The monoisotopic (exact) mass is 337 g/mol. The molecular formula is C18H19N5O2. The molecule has 0 radical (unpaired) electrons. The molecule has 0 unspecified atom stereocenters. The number of nitriles is 1. The first-order valence-electron chi connectivity index (χ1n) is 8.64. The number of hydrogen-bond acceptors (Lipinski definition) is 6. The molecule has 2 aliphatic rings. The van der Waals surface area contributed by atoms with Gasteiger partial charge in [-0.2, -0.15) is 5.26 Å². The van der Waals surface area contributed by atoms with Gasteiger partial charge in [0.05, 0.1) is 5.56 Å². The zero-order valence-electron chi connectivity index (χ0n) is 13.9. The van der Waals surface area contributed by atoms with Crippen LogP contribution in [-0.2, 0) is 12.8 Å². The normalized spacial score (nSPS) is 17.1. The van der Waals surface area contributed by atoms with Crippen molar-refractivity contribution in [3.63, 3.8) is 0 Å². The third-order valence-electron chi connectivity index (χ3n) is 4.92. The third-order valence-corrected chi connectivity index (χ3v) is 4.92. The van der Waals surface area contributed by atoms with Gasteiger partial charge in [0.25, 0.3) is 5.91 Å². The first-order chi connectivity index (χ1) is 12.3. The lowest BCUT2D eigenvalue weighted by Crippen LogP contribution is -2.49. The van der Waals surface area contributed by atoms with Crippen molar-refractivity contribution in [3.05, 3.63) is 40.9 Å². The van der Waals surface area contributed by atoms with Gasteiger partial charge in [-0.1, -0.05) is 5.16 Å². The molecule has 0 aromatic carbocycles. The highest BCUT2D eigenvalue weighted by Crippen LogP contribution is 2.25. The molecule has 1 aliphatic heterocycles. The van der Waals surface area contributed by atoms with Crippen molar-refractivity contribution in [2.24, 2.45) is 0 Å². The molecule has 7 nitrogen and oxygen atoms in total. The van der Waals surface area contributed by atoms with Gasteiger partial charge < -0.3 is 14.3 Å². The second kappa shape index (κ2) is 6.55. The number of carbonyl (C=O) groups is 1. The van der Waals surface area contributed by atoms with Crippen LogP contribution >= 0.6 is 0 Å². The second-order valence-electron chi connectivity index (χ2n) is 6.44. The zero-order chi connectivity index (χ0) is 17.2. The molecule has 4 rings (SSSR count). The van der Waals surface area contributed by atoms with Crippen molar-refractivity contribution in [2.45, 2.75) is 25.7 Å². The zero-order valence-corrected chi connectivity index (χ0v) is 13.9. The topological polar surface area (TPSA) is 86.3 Å². The maximum Gasteiger partial charge on any atom is 0.276 e. The van der Waals surface area contributed by atoms with Crippen LogP contribution in [0.1, 0.15) is 40.2 Å². The van der Waals surface area contributed by atoms with Gasteiger partial charge in [0, 0.05) is 44.4 Å². The summed E-state index contributed by atoms with van der Waals surface area (Å²) >= 11 is 0. The van der Waals surface area contributed by atoms with Gasteiger partial charge in [-0.3, -0.25) is 4.79 Å². The number of hydrogen-bond donors (Lipinski definition) is 0. The van der Waals surface area contributed by atoms with Crippen molar-refractivity contribution in [2.75, 3.05) is 31.1 Å². The maximum absolute atomic E-state index is 12.8. The summed E-state index contributed by atoms with van der Waals surface area (Å²) in [6, 6.07) is 5.69. The van der Waals surface area contributed by atoms with Gasteiger partial charge in [0.15, 0.2) is 5.69 Å². The van der Waals surface area contributed by atoms with Gasteiger partial charge >= 0.3 is 0 Å². The summed E-state index contributed by atoms with van der Waals surface area (Å²) in [5, 5.41) is 12.9. The Hall–Kier alpha value is -2.88. The lowest BCUT2D eigenvalue weighted by Gasteiger charge is -2.35. The predicted molar refractivity (Wildman–Crippen MR) is 90.2 cm³/mol. The maximum atomic E-state index is 12.8. The van der Waals surface area contributed by atoms with Gasteiger partial charge in [-0.05, 0) is 31.4 Å². The Balaban J connectivity index is 1.42. The number of fused-ring (bicyclic) bond motifs is 1. The average Bonchev–Trinajstić information content (AvgIpc) is 3.12. The number of nitrogens with zero attached hydrogens (tertiary/aromatic N) is 5. The van der Waals surface area contributed by atoms with E-state index in [0.717, 1.165) is 42.8 Å². The van der Waals surface area contributed by atoms with Crippen LogP contribution in [0.15, 0.2) is 22.9 Å². The van der Waals surface area contributed by atoms with Crippen molar-refractivity contribution in [1.82, 2.24) is 15.0 Å². The Morgan fingerprint density at radius 2 is 1.96 bits per heavy atom. The Morgan fingerprint density at radius 3 is 2.68 bits per heavy atom. The Kier molecular flexibility index (Phi) is 4.10. The van der Waals surface area contributed by atoms with Gasteiger partial charge in [-0.15, -0.1) is 0 Å². The van der Waals surface area contributed by atoms with Crippen LogP contribution in [-0.4, -0.2) is 47.1 Å². The van der Waals surface area contributed by atoms with Gasteiger partial charge in [0.1, 0.15) is 17.6 Å². The first kappa shape index (κ1) is 15.6. The summed E-state index contributed by atoms with van der Waals surface area (Å²) in [5.74, 6) is 1.69. The SMILES string of the molecule is N#Cc1ccc(N2CCN(C(=O)c3noc4c3CCCC4)CC2)nc1. The van der Waals surface area contributed by atoms with Crippen molar-refractivity contribution in [3.8, 4) is 6.07 Å². The summed E-state index contributed by atoms with van der Waals surface area (Å²) in [6.45, 7) is 2.68. The average molecular weight is 337 g/mol. The fraction of sp³-hybridized carbons (Fsp3) is 0.444. The molecule has 2 aromatic heterocycles. The van der Waals surface area contributed by atoms with Crippen molar-refractivity contribution in [1.29, 1.82) is 5.26 Å². The van der Waals surface area contributed by atoms with Crippen LogP contribution < -0.4 is 4.90 Å². The molecule has 7 heteroatoms. The van der Waals surface area contributed by atoms with Crippen LogP contribution in [0.2, 0.25) is 0 Å². The molecule has 1 saturated heterocycles. The summed E-state index contributed by atoms with van der Waals surface area (Å²) in [7, 11) is 0. The number of rotatable bonds is 2. The molecule has 0 spiro atoms. The van der Waals surface area contributed by atoms with Crippen LogP contribution in [0.25, 0.3) is 0 Å². The lowest BCUT2D eigenvalue weighted by molar-refractivity contribution is 0.0735. The molecule has 0 atom stereocenters. The minimum Gasteiger partial charge on any atom is -0.360 e. The predicted octanol–water partition coefficient (Wildman–Crippen LogP) is 1.78. The largest absolute Gasteiger partial charge is 0.360 e. The molecule has 25 heavy (non-hydrogen) atoms. The second-order valence-corrected chi connectivity index (χ2v) is 6.44. The number of anilines is 1. The molecule has 0 N–H and O–H groups in total. The van der Waals surface area contributed by atoms with E-state index in [1.54, 1.807) is 12.3 Å². The molecular weight excluding hydrogens is 318 g/mol. The molecule has 0 bridgehead atoms. The molecule has 3 heterocycles. The molecule has 2 aromatic rings. The molecule has 1 fully saturated rings.